The van der Waals surface area contributed by atoms with E-state index in [1.165, 1.54) is 0 Å². The van der Waals surface area contributed by atoms with Gasteiger partial charge < -0.3 is 15.8 Å². The Morgan fingerprint density at radius 2 is 2.30 bits per heavy atom. The minimum Gasteiger partial charge on any atom is -0.409 e. The molecule has 2 rings (SSSR count). The Bertz CT molecular complexity index is 550. The maximum Gasteiger partial charge on any atom is 0.254 e. The largest absolute Gasteiger partial charge is 0.409 e. The highest BCUT2D eigenvalue weighted by atomic mass is 127. The summed E-state index contributed by atoms with van der Waals surface area (Å²) in [5.74, 6) is 0.125. The molecule has 0 bridgehead atoms. The van der Waals surface area contributed by atoms with Crippen molar-refractivity contribution in [2.75, 3.05) is 13.1 Å². The van der Waals surface area contributed by atoms with Crippen LogP contribution in [0.25, 0.3) is 0 Å². The molecule has 1 aromatic carbocycles. The van der Waals surface area contributed by atoms with E-state index in [1.807, 2.05) is 18.2 Å². The molecule has 0 saturated carbocycles. The Morgan fingerprint density at radius 1 is 1.55 bits per heavy atom. The number of benzene rings is 1. The van der Waals surface area contributed by atoms with Gasteiger partial charge in [0.05, 0.1) is 5.56 Å². The lowest BCUT2D eigenvalue weighted by Crippen LogP contribution is -2.44. The van der Waals surface area contributed by atoms with E-state index in [0.29, 0.717) is 18.7 Å². The summed E-state index contributed by atoms with van der Waals surface area (Å²) in [6.45, 7) is 1.20. The highest BCUT2D eigenvalue weighted by molar-refractivity contribution is 14.1. The number of piperidine rings is 1. The average molecular weight is 452 g/mol. The van der Waals surface area contributed by atoms with Gasteiger partial charge in [-0.1, -0.05) is 21.1 Å². The zero-order chi connectivity index (χ0) is 14.7. The fourth-order valence-corrected chi connectivity index (χ4v) is 3.24. The van der Waals surface area contributed by atoms with Gasteiger partial charge in [0.25, 0.3) is 5.91 Å². The number of oxime groups is 1. The van der Waals surface area contributed by atoms with Crippen LogP contribution in [0.3, 0.4) is 0 Å². The van der Waals surface area contributed by atoms with Crippen molar-refractivity contribution in [1.29, 1.82) is 0 Å². The van der Waals surface area contributed by atoms with Crippen LogP contribution in [-0.4, -0.2) is 34.9 Å². The Hall–Kier alpha value is -0.830. The maximum atomic E-state index is 12.6. The molecule has 1 aliphatic rings. The Labute approximate surface area is 139 Å². The molecule has 3 N–H and O–H groups in total. The third-order valence-corrected chi connectivity index (χ3v) is 4.84. The first kappa shape index (κ1) is 15.6. The van der Waals surface area contributed by atoms with E-state index in [2.05, 4.69) is 43.7 Å². The number of amidine groups is 1. The molecule has 0 aliphatic carbocycles. The third-order valence-electron chi connectivity index (χ3n) is 3.40. The van der Waals surface area contributed by atoms with Crippen LogP contribution in [0.15, 0.2) is 27.8 Å². The van der Waals surface area contributed by atoms with Crippen LogP contribution in [-0.2, 0) is 0 Å². The van der Waals surface area contributed by atoms with E-state index in [9.17, 15) is 4.79 Å². The number of amides is 1. The summed E-state index contributed by atoms with van der Waals surface area (Å²) in [6, 6.07) is 5.65. The molecule has 1 amide bonds. The second kappa shape index (κ2) is 6.75. The van der Waals surface area contributed by atoms with Gasteiger partial charge in [0, 0.05) is 27.1 Å². The number of nitrogens with zero attached hydrogens (tertiary/aromatic N) is 2. The monoisotopic (exact) mass is 451 g/mol. The van der Waals surface area contributed by atoms with Gasteiger partial charge in [-0.15, -0.1) is 0 Å². The van der Waals surface area contributed by atoms with E-state index < -0.39 is 0 Å². The second-order valence-electron chi connectivity index (χ2n) is 4.74. The zero-order valence-corrected chi connectivity index (χ0v) is 14.5. The fraction of sp³-hybridized carbons (Fsp3) is 0.385. The molecule has 0 spiro atoms. The molecule has 5 nitrogen and oxygen atoms in total. The van der Waals surface area contributed by atoms with Crippen LogP contribution in [0.2, 0.25) is 0 Å². The summed E-state index contributed by atoms with van der Waals surface area (Å²) < 4.78 is 1.80. The zero-order valence-electron chi connectivity index (χ0n) is 10.7. The van der Waals surface area contributed by atoms with Crippen molar-refractivity contribution in [3.8, 4) is 0 Å². The number of carbonyl (C=O) groups excluding carboxylic acids is 1. The molecule has 7 heteroatoms. The highest BCUT2D eigenvalue weighted by Gasteiger charge is 2.27. The summed E-state index contributed by atoms with van der Waals surface area (Å²) >= 11 is 5.55. The number of carbonyl (C=O) groups is 1. The van der Waals surface area contributed by atoms with Crippen molar-refractivity contribution < 1.29 is 10.0 Å². The summed E-state index contributed by atoms with van der Waals surface area (Å²) in [5.41, 5.74) is 6.34. The molecular weight excluding hydrogens is 437 g/mol. The molecule has 1 heterocycles. The fourth-order valence-electron chi connectivity index (χ4n) is 2.32. The topological polar surface area (TPSA) is 78.9 Å². The average Bonchev–Trinajstić information content (AvgIpc) is 2.48. The van der Waals surface area contributed by atoms with Gasteiger partial charge in [0.2, 0.25) is 0 Å². The van der Waals surface area contributed by atoms with Gasteiger partial charge in [-0.25, -0.2) is 0 Å². The number of halogens is 2. The normalized spacial score (nSPS) is 20.0. The van der Waals surface area contributed by atoms with Crippen molar-refractivity contribution in [3.63, 3.8) is 0 Å². The van der Waals surface area contributed by atoms with E-state index in [1.54, 1.807) is 4.90 Å². The maximum absolute atomic E-state index is 12.6. The molecule has 1 aromatic rings. The molecule has 0 aromatic heterocycles. The van der Waals surface area contributed by atoms with Crippen LogP contribution in [0.4, 0.5) is 0 Å². The lowest BCUT2D eigenvalue weighted by atomic mass is 9.96. The summed E-state index contributed by atoms with van der Waals surface area (Å²) in [6.07, 6.45) is 1.70. The standard InChI is InChI=1S/C13H15BrIN3O2/c14-9-3-4-11(15)10(6-9)13(19)18-5-1-2-8(7-18)12(16)17-20/h3-4,6,8,20H,1-2,5,7H2,(H2,16,17). The van der Waals surface area contributed by atoms with E-state index in [4.69, 9.17) is 10.9 Å². The Balaban J connectivity index is 2.18. The predicted molar refractivity (Wildman–Crippen MR) is 88.9 cm³/mol. The molecule has 0 radical (unpaired) electrons. The van der Waals surface area contributed by atoms with E-state index in [0.717, 1.165) is 20.9 Å². The van der Waals surface area contributed by atoms with Gasteiger partial charge in [0.15, 0.2) is 0 Å². The molecule has 108 valence electrons. The predicted octanol–water partition coefficient (Wildman–Crippen LogP) is 2.65. The van der Waals surface area contributed by atoms with Gasteiger partial charge >= 0.3 is 0 Å². The summed E-state index contributed by atoms with van der Waals surface area (Å²) in [5, 5.41) is 11.8. The van der Waals surface area contributed by atoms with Crippen LogP contribution < -0.4 is 5.73 Å². The SMILES string of the molecule is N/C(=N/O)C1CCCN(C(=O)c2cc(Br)ccc2I)C1. The molecular formula is C13H15BrIN3O2. The van der Waals surface area contributed by atoms with Crippen LogP contribution in [0, 0.1) is 9.49 Å². The summed E-state index contributed by atoms with van der Waals surface area (Å²) in [7, 11) is 0. The van der Waals surface area contributed by atoms with Gasteiger partial charge in [-0.05, 0) is 53.6 Å². The van der Waals surface area contributed by atoms with E-state index in [-0.39, 0.29) is 17.7 Å². The molecule has 1 aliphatic heterocycles. The minimum absolute atomic E-state index is 0.00820. The van der Waals surface area contributed by atoms with Crippen molar-refractivity contribution in [3.05, 3.63) is 31.8 Å². The first-order valence-electron chi connectivity index (χ1n) is 6.24. The van der Waals surface area contributed by atoms with Crippen molar-refractivity contribution in [2.45, 2.75) is 12.8 Å². The van der Waals surface area contributed by atoms with Crippen molar-refractivity contribution in [2.24, 2.45) is 16.8 Å². The smallest absolute Gasteiger partial charge is 0.254 e. The van der Waals surface area contributed by atoms with Gasteiger partial charge in [0.1, 0.15) is 5.84 Å². The molecule has 1 atom stereocenters. The lowest BCUT2D eigenvalue weighted by molar-refractivity contribution is 0.0700. The van der Waals surface area contributed by atoms with E-state index >= 15 is 0 Å². The number of nitrogens with two attached hydrogens (primary N) is 1. The molecule has 1 fully saturated rings. The first-order chi connectivity index (χ1) is 9.52. The first-order valence-corrected chi connectivity index (χ1v) is 8.12. The Kier molecular flexibility index (Phi) is 5.25. The van der Waals surface area contributed by atoms with Crippen molar-refractivity contribution >= 4 is 50.3 Å². The number of hydrogen-bond donors (Lipinski definition) is 2. The second-order valence-corrected chi connectivity index (χ2v) is 6.82. The molecule has 1 unspecified atom stereocenters. The van der Waals surface area contributed by atoms with Crippen LogP contribution in [0.5, 0.6) is 0 Å². The van der Waals surface area contributed by atoms with Crippen LogP contribution in [0.1, 0.15) is 23.2 Å². The Morgan fingerprint density at radius 3 is 3.00 bits per heavy atom. The van der Waals surface area contributed by atoms with Gasteiger partial charge in [-0.3, -0.25) is 4.79 Å². The quantitative estimate of drug-likeness (QED) is 0.238. The third kappa shape index (κ3) is 3.43. The number of likely N-dealkylation sites (tertiary alicyclic amines) is 1. The van der Waals surface area contributed by atoms with Crippen molar-refractivity contribution in [1.82, 2.24) is 4.90 Å². The molecule has 1 saturated heterocycles. The lowest BCUT2D eigenvalue weighted by Gasteiger charge is -2.32. The highest BCUT2D eigenvalue weighted by Crippen LogP contribution is 2.23. The van der Waals surface area contributed by atoms with Crippen LogP contribution >= 0.6 is 38.5 Å². The molecule has 20 heavy (non-hydrogen) atoms. The van der Waals surface area contributed by atoms with Gasteiger partial charge in [-0.2, -0.15) is 0 Å². The number of rotatable bonds is 2. The summed E-state index contributed by atoms with van der Waals surface area (Å²) in [4.78, 5) is 14.4. The minimum atomic E-state index is -0.0671. The number of hydrogen-bond acceptors (Lipinski definition) is 3.